The minimum Gasteiger partial charge on any atom is -0.453 e. The lowest BCUT2D eigenvalue weighted by molar-refractivity contribution is 0.160. The molecule has 1 saturated carbocycles. The van der Waals surface area contributed by atoms with Gasteiger partial charge in [0.1, 0.15) is 0 Å². The molecule has 4 heteroatoms. The molecule has 1 amide bonds. The van der Waals surface area contributed by atoms with Crippen molar-refractivity contribution < 1.29 is 9.53 Å². The summed E-state index contributed by atoms with van der Waals surface area (Å²) in [6, 6.07) is 2.43. The van der Waals surface area contributed by atoms with Gasteiger partial charge in [-0.15, -0.1) is 0 Å². The first-order valence-electron chi connectivity index (χ1n) is 4.97. The van der Waals surface area contributed by atoms with Crippen molar-refractivity contribution in [2.45, 2.75) is 38.1 Å². The maximum Gasteiger partial charge on any atom is 0.407 e. The highest BCUT2D eigenvalue weighted by atomic mass is 16.5. The molecule has 1 rings (SSSR count). The minimum absolute atomic E-state index is 0.234. The van der Waals surface area contributed by atoms with Gasteiger partial charge in [-0.05, 0) is 31.6 Å². The number of alkyl carbamates (subject to hydrolysis) is 1. The second-order valence-corrected chi connectivity index (χ2v) is 3.72. The number of ether oxygens (including phenoxy) is 1. The molecule has 0 aromatic carbocycles. The first kappa shape index (κ1) is 10.8. The van der Waals surface area contributed by atoms with E-state index in [4.69, 9.17) is 5.26 Å². The molecule has 0 saturated heterocycles. The van der Waals surface area contributed by atoms with Gasteiger partial charge in [-0.2, -0.15) is 5.26 Å². The second kappa shape index (κ2) is 5.48. The van der Waals surface area contributed by atoms with E-state index >= 15 is 0 Å². The third-order valence-electron chi connectivity index (χ3n) is 2.73. The van der Waals surface area contributed by atoms with Crippen molar-refractivity contribution in [3.8, 4) is 6.07 Å². The zero-order valence-electron chi connectivity index (χ0n) is 8.45. The number of nitrogens with one attached hydrogen (secondary N) is 1. The predicted octanol–water partition coefficient (Wildman–Crippen LogP) is 1.81. The van der Waals surface area contributed by atoms with Gasteiger partial charge >= 0.3 is 6.09 Å². The van der Waals surface area contributed by atoms with Crippen molar-refractivity contribution in [2.75, 3.05) is 7.11 Å². The highest BCUT2D eigenvalue weighted by molar-refractivity contribution is 5.67. The summed E-state index contributed by atoms with van der Waals surface area (Å²) in [5.41, 5.74) is 0. The van der Waals surface area contributed by atoms with Crippen molar-refractivity contribution in [3.05, 3.63) is 0 Å². The summed E-state index contributed by atoms with van der Waals surface area (Å²) in [5, 5.41) is 11.3. The van der Waals surface area contributed by atoms with Gasteiger partial charge in [0.2, 0.25) is 0 Å². The zero-order valence-corrected chi connectivity index (χ0v) is 8.45. The van der Waals surface area contributed by atoms with Crippen LogP contribution in [0.4, 0.5) is 4.79 Å². The van der Waals surface area contributed by atoms with Crippen molar-refractivity contribution in [3.63, 3.8) is 0 Å². The van der Waals surface area contributed by atoms with E-state index in [2.05, 4.69) is 16.1 Å². The lowest BCUT2D eigenvalue weighted by atomic mass is 9.84. The van der Waals surface area contributed by atoms with Gasteiger partial charge in [-0.1, -0.05) is 0 Å². The van der Waals surface area contributed by atoms with Crippen LogP contribution in [0.15, 0.2) is 0 Å². The Labute approximate surface area is 84.2 Å². The van der Waals surface area contributed by atoms with E-state index in [0.29, 0.717) is 12.3 Å². The number of nitriles is 1. The largest absolute Gasteiger partial charge is 0.453 e. The summed E-state index contributed by atoms with van der Waals surface area (Å²) in [7, 11) is 1.37. The molecule has 78 valence electrons. The van der Waals surface area contributed by atoms with E-state index in [9.17, 15) is 4.79 Å². The van der Waals surface area contributed by atoms with E-state index in [1.165, 1.54) is 7.11 Å². The van der Waals surface area contributed by atoms with Gasteiger partial charge in [0, 0.05) is 12.5 Å². The molecule has 0 atom stereocenters. The van der Waals surface area contributed by atoms with Crippen LogP contribution in [0, 0.1) is 17.2 Å². The molecule has 0 heterocycles. The molecule has 0 radical (unpaired) electrons. The highest BCUT2D eigenvalue weighted by Crippen LogP contribution is 2.26. The standard InChI is InChI=1S/C10H16N2O2/c1-14-10(13)12-9-4-2-8(3-5-9)6-7-11/h8-9H,2-6H2,1H3,(H,12,13). The number of methoxy groups -OCH3 is 1. The molecule has 0 aromatic heterocycles. The van der Waals surface area contributed by atoms with Crippen LogP contribution < -0.4 is 5.32 Å². The quantitative estimate of drug-likeness (QED) is 0.732. The lowest BCUT2D eigenvalue weighted by Crippen LogP contribution is -2.37. The molecule has 1 fully saturated rings. The molecule has 0 aromatic rings. The van der Waals surface area contributed by atoms with Gasteiger partial charge in [0.25, 0.3) is 0 Å². The van der Waals surface area contributed by atoms with Crippen LogP contribution in [0.3, 0.4) is 0 Å². The number of amides is 1. The number of carbonyl (C=O) groups excluding carboxylic acids is 1. The Kier molecular flexibility index (Phi) is 4.24. The van der Waals surface area contributed by atoms with Gasteiger partial charge in [0.05, 0.1) is 13.2 Å². The summed E-state index contributed by atoms with van der Waals surface area (Å²) in [6.07, 6.45) is 4.27. The van der Waals surface area contributed by atoms with Crippen LogP contribution in [0.2, 0.25) is 0 Å². The van der Waals surface area contributed by atoms with E-state index in [1.807, 2.05) is 0 Å². The van der Waals surface area contributed by atoms with Crippen molar-refractivity contribution in [2.24, 2.45) is 5.92 Å². The highest BCUT2D eigenvalue weighted by Gasteiger charge is 2.22. The van der Waals surface area contributed by atoms with Crippen molar-refractivity contribution in [1.29, 1.82) is 5.26 Å². The minimum atomic E-state index is -0.353. The molecule has 0 aliphatic heterocycles. The Balaban J connectivity index is 2.22. The summed E-state index contributed by atoms with van der Waals surface area (Å²) in [5.74, 6) is 0.524. The van der Waals surface area contributed by atoms with E-state index in [-0.39, 0.29) is 12.1 Å². The SMILES string of the molecule is COC(=O)NC1CCC(CC#N)CC1. The first-order valence-corrected chi connectivity index (χ1v) is 4.97. The van der Waals surface area contributed by atoms with E-state index in [0.717, 1.165) is 25.7 Å². The molecule has 1 aliphatic carbocycles. The molecular formula is C10H16N2O2. The van der Waals surface area contributed by atoms with Crippen LogP contribution in [0.25, 0.3) is 0 Å². The van der Waals surface area contributed by atoms with Crippen molar-refractivity contribution in [1.82, 2.24) is 5.32 Å². The Bertz CT molecular complexity index is 227. The number of hydrogen-bond donors (Lipinski definition) is 1. The van der Waals surface area contributed by atoms with Crippen LogP contribution >= 0.6 is 0 Å². The first-order chi connectivity index (χ1) is 6.76. The molecule has 1 aliphatic rings. The van der Waals surface area contributed by atoms with E-state index in [1.54, 1.807) is 0 Å². The fourth-order valence-electron chi connectivity index (χ4n) is 1.87. The fourth-order valence-corrected chi connectivity index (χ4v) is 1.87. The summed E-state index contributed by atoms with van der Waals surface area (Å²) in [4.78, 5) is 10.9. The summed E-state index contributed by atoms with van der Waals surface area (Å²) in [6.45, 7) is 0. The van der Waals surface area contributed by atoms with Gasteiger partial charge in [-0.3, -0.25) is 0 Å². The maximum absolute atomic E-state index is 10.9. The topological polar surface area (TPSA) is 62.1 Å². The Morgan fingerprint density at radius 1 is 1.50 bits per heavy atom. The summed E-state index contributed by atoms with van der Waals surface area (Å²) >= 11 is 0. The second-order valence-electron chi connectivity index (χ2n) is 3.72. The average Bonchev–Trinajstić information content (AvgIpc) is 2.21. The Morgan fingerprint density at radius 2 is 2.14 bits per heavy atom. The fraction of sp³-hybridized carbons (Fsp3) is 0.800. The third kappa shape index (κ3) is 3.25. The average molecular weight is 196 g/mol. The van der Waals surface area contributed by atoms with E-state index < -0.39 is 0 Å². The molecule has 1 N–H and O–H groups in total. The van der Waals surface area contributed by atoms with Crippen molar-refractivity contribution >= 4 is 6.09 Å². The van der Waals surface area contributed by atoms with Gasteiger partial charge in [0.15, 0.2) is 0 Å². The molecule has 4 nitrogen and oxygen atoms in total. The van der Waals surface area contributed by atoms with Crippen LogP contribution in [-0.4, -0.2) is 19.2 Å². The maximum atomic E-state index is 10.9. The van der Waals surface area contributed by atoms with Crippen LogP contribution in [-0.2, 0) is 4.74 Å². The Morgan fingerprint density at radius 3 is 2.64 bits per heavy atom. The zero-order chi connectivity index (χ0) is 10.4. The Hall–Kier alpha value is -1.24. The lowest BCUT2D eigenvalue weighted by Gasteiger charge is -2.27. The number of nitrogens with zero attached hydrogens (tertiary/aromatic N) is 1. The summed E-state index contributed by atoms with van der Waals surface area (Å²) < 4.78 is 4.52. The molecule has 0 spiro atoms. The molecule has 0 bridgehead atoms. The third-order valence-corrected chi connectivity index (χ3v) is 2.73. The predicted molar refractivity (Wildman–Crippen MR) is 51.5 cm³/mol. The monoisotopic (exact) mass is 196 g/mol. The van der Waals surface area contributed by atoms with Gasteiger partial charge in [-0.25, -0.2) is 4.79 Å². The molecule has 0 unspecified atom stereocenters. The van der Waals surface area contributed by atoms with Crippen LogP contribution in [0.1, 0.15) is 32.1 Å². The van der Waals surface area contributed by atoms with Crippen LogP contribution in [0.5, 0.6) is 0 Å². The molecule has 14 heavy (non-hydrogen) atoms. The number of hydrogen-bond acceptors (Lipinski definition) is 3. The number of carbonyl (C=O) groups is 1. The molecular weight excluding hydrogens is 180 g/mol. The number of rotatable bonds is 2. The smallest absolute Gasteiger partial charge is 0.407 e. The normalized spacial score (nSPS) is 26.3. The van der Waals surface area contributed by atoms with Gasteiger partial charge < -0.3 is 10.1 Å².